The van der Waals surface area contributed by atoms with Crippen LogP contribution in [0.3, 0.4) is 0 Å². The van der Waals surface area contributed by atoms with Gasteiger partial charge in [-0.15, -0.1) is 0 Å². The van der Waals surface area contributed by atoms with Crippen LogP contribution in [0.25, 0.3) is 10.4 Å². The smallest absolute Gasteiger partial charge is 0.255 e. The van der Waals surface area contributed by atoms with Gasteiger partial charge in [0.05, 0.1) is 6.54 Å². The number of nitrogens with zero attached hydrogens (tertiary/aromatic N) is 3. The van der Waals surface area contributed by atoms with Gasteiger partial charge < -0.3 is 10.6 Å². The first-order chi connectivity index (χ1) is 16.3. The number of halogens is 2. The zero-order valence-electron chi connectivity index (χ0n) is 17.3. The first kappa shape index (κ1) is 24.5. The minimum Gasteiger partial charge on any atom is -0.322 e. The second-order valence-corrected chi connectivity index (χ2v) is 7.60. The number of carbonyl (C=O) groups excluding carboxylic acids is 4. The first-order valence-electron chi connectivity index (χ1n) is 9.64. The molecule has 2 amide bonds. The highest BCUT2D eigenvalue weighted by Crippen LogP contribution is 2.20. The van der Waals surface area contributed by atoms with Crippen LogP contribution in [-0.2, 0) is 6.54 Å². The van der Waals surface area contributed by atoms with E-state index in [1.54, 1.807) is 36.4 Å². The van der Waals surface area contributed by atoms with Crippen LogP contribution in [0.1, 0.15) is 47.0 Å². The van der Waals surface area contributed by atoms with Gasteiger partial charge >= 0.3 is 0 Å². The van der Waals surface area contributed by atoms with Crippen molar-refractivity contribution in [1.82, 2.24) is 0 Å². The van der Waals surface area contributed by atoms with Gasteiger partial charge in [-0.05, 0) is 88.9 Å². The first-order valence-corrected chi connectivity index (χ1v) is 10.4. The molecule has 170 valence electrons. The van der Waals surface area contributed by atoms with E-state index in [0.717, 1.165) is 5.56 Å². The molecule has 0 unspecified atom stereocenters. The number of anilines is 2. The molecule has 0 saturated heterocycles. The van der Waals surface area contributed by atoms with Crippen LogP contribution in [0.2, 0.25) is 0 Å². The minimum atomic E-state index is -0.805. The van der Waals surface area contributed by atoms with Gasteiger partial charge in [-0.1, -0.05) is 17.2 Å². The second kappa shape index (κ2) is 11.1. The molecule has 0 aliphatic heterocycles. The van der Waals surface area contributed by atoms with Gasteiger partial charge in [0.1, 0.15) is 0 Å². The summed E-state index contributed by atoms with van der Waals surface area (Å²) in [6.07, 6.45) is 0. The molecule has 3 aromatic rings. The Morgan fingerprint density at radius 2 is 1.18 bits per heavy atom. The Bertz CT molecular complexity index is 1290. The Morgan fingerprint density at radius 3 is 1.65 bits per heavy atom. The maximum Gasteiger partial charge on any atom is 0.255 e. The number of hydrogen-bond donors (Lipinski definition) is 2. The summed E-state index contributed by atoms with van der Waals surface area (Å²) < 4.78 is 0. The van der Waals surface area contributed by atoms with Crippen molar-refractivity contribution < 1.29 is 19.2 Å². The van der Waals surface area contributed by atoms with E-state index in [-0.39, 0.29) is 34.8 Å². The molecule has 0 aliphatic rings. The van der Waals surface area contributed by atoms with E-state index in [1.807, 2.05) is 0 Å². The van der Waals surface area contributed by atoms with Crippen LogP contribution in [-0.4, -0.2) is 22.3 Å². The molecule has 0 heterocycles. The zero-order valence-corrected chi connectivity index (χ0v) is 18.8. The topological polar surface area (TPSA) is 141 Å². The van der Waals surface area contributed by atoms with E-state index in [1.165, 1.54) is 30.3 Å². The summed E-state index contributed by atoms with van der Waals surface area (Å²) in [6.45, 7) is 0.192. The summed E-state index contributed by atoms with van der Waals surface area (Å²) in [6, 6.07) is 16.6. The molecule has 0 atom stereocenters. The molecule has 2 N–H and O–H groups in total. The number of benzene rings is 3. The largest absolute Gasteiger partial charge is 0.322 e. The number of rotatable bonds is 8. The molecule has 34 heavy (non-hydrogen) atoms. The molecular formula is C23H15Cl2N5O4. The fourth-order valence-electron chi connectivity index (χ4n) is 2.91. The van der Waals surface area contributed by atoms with Crippen LogP contribution in [0, 0.1) is 0 Å². The van der Waals surface area contributed by atoms with E-state index >= 15 is 0 Å². The third kappa shape index (κ3) is 6.43. The summed E-state index contributed by atoms with van der Waals surface area (Å²) >= 11 is 11.0. The fourth-order valence-corrected chi connectivity index (χ4v) is 3.13. The number of nitrogens with one attached hydrogen (secondary N) is 2. The third-order valence-corrected chi connectivity index (χ3v) is 5.02. The highest BCUT2D eigenvalue weighted by Gasteiger charge is 2.13. The molecule has 11 heteroatoms. The lowest BCUT2D eigenvalue weighted by Crippen LogP contribution is -2.14. The van der Waals surface area contributed by atoms with E-state index < -0.39 is 16.4 Å². The summed E-state index contributed by atoms with van der Waals surface area (Å²) in [4.78, 5) is 50.6. The van der Waals surface area contributed by atoms with Crippen LogP contribution in [0.15, 0.2) is 71.8 Å². The summed E-state index contributed by atoms with van der Waals surface area (Å²) in [7, 11) is 0. The molecule has 9 nitrogen and oxygen atoms in total. The predicted octanol–water partition coefficient (Wildman–Crippen LogP) is 5.76. The minimum absolute atomic E-state index is 0.00681. The molecular weight excluding hydrogens is 481 g/mol. The molecule has 0 fully saturated rings. The van der Waals surface area contributed by atoms with E-state index in [4.69, 9.17) is 28.7 Å². The summed E-state index contributed by atoms with van der Waals surface area (Å²) in [5.74, 6) is -0.867. The van der Waals surface area contributed by atoms with Crippen LogP contribution < -0.4 is 10.6 Å². The predicted molar refractivity (Wildman–Crippen MR) is 128 cm³/mol. The van der Waals surface area contributed by atoms with E-state index in [9.17, 15) is 19.2 Å². The average Bonchev–Trinajstić information content (AvgIpc) is 2.83. The summed E-state index contributed by atoms with van der Waals surface area (Å²) in [5.41, 5.74) is 10.4. The lowest BCUT2D eigenvalue weighted by molar-refractivity contribution is 0.101. The summed E-state index contributed by atoms with van der Waals surface area (Å²) in [5, 5.41) is 7.15. The van der Waals surface area contributed by atoms with Crippen molar-refractivity contribution in [3.05, 3.63) is 105 Å². The lowest BCUT2D eigenvalue weighted by atomic mass is 10.1. The zero-order chi connectivity index (χ0) is 24.7. The Balaban J connectivity index is 1.68. The fraction of sp³-hybridized carbons (Fsp3) is 0.0435. The average molecular weight is 496 g/mol. The van der Waals surface area contributed by atoms with Crippen molar-refractivity contribution >= 4 is 56.9 Å². The normalized spacial score (nSPS) is 10.1. The molecule has 0 spiro atoms. The number of hydrogen-bond acceptors (Lipinski definition) is 5. The van der Waals surface area contributed by atoms with Crippen LogP contribution >= 0.6 is 23.2 Å². The molecule has 3 rings (SSSR count). The van der Waals surface area contributed by atoms with E-state index in [2.05, 4.69) is 20.7 Å². The van der Waals surface area contributed by atoms with Gasteiger partial charge in [-0.25, -0.2) is 0 Å². The highest BCUT2D eigenvalue weighted by molar-refractivity contribution is 6.69. The van der Waals surface area contributed by atoms with Gasteiger partial charge in [0.25, 0.3) is 22.3 Å². The van der Waals surface area contributed by atoms with Crippen molar-refractivity contribution in [1.29, 1.82) is 0 Å². The highest BCUT2D eigenvalue weighted by atomic mass is 35.5. The number of carbonyl (C=O) groups is 4. The second-order valence-electron chi connectivity index (χ2n) is 6.92. The van der Waals surface area contributed by atoms with Crippen molar-refractivity contribution in [2.75, 3.05) is 10.6 Å². The van der Waals surface area contributed by atoms with Crippen molar-refractivity contribution in [3.8, 4) is 0 Å². The standard InChI is InChI=1S/C23H15Cl2N5O4/c24-20(31)16-9-17(21(25)32)11-19(10-16)29-23(34)15-5-7-18(8-6-15)28-22(33)14-3-1-13(2-4-14)12-27-30-26/h1-11H,12H2,(H,28,33)(H,29,34). The van der Waals surface area contributed by atoms with Crippen molar-refractivity contribution in [3.63, 3.8) is 0 Å². The lowest BCUT2D eigenvalue weighted by Gasteiger charge is -2.09. The van der Waals surface area contributed by atoms with Crippen molar-refractivity contribution in [2.24, 2.45) is 5.11 Å². The maximum absolute atomic E-state index is 12.6. The van der Waals surface area contributed by atoms with Crippen LogP contribution in [0.4, 0.5) is 11.4 Å². The Hall–Kier alpha value is -4.17. The van der Waals surface area contributed by atoms with Gasteiger partial charge in [0, 0.05) is 38.5 Å². The molecule has 0 aromatic heterocycles. The number of azide groups is 1. The Morgan fingerprint density at radius 1 is 0.706 bits per heavy atom. The monoisotopic (exact) mass is 495 g/mol. The van der Waals surface area contributed by atoms with Gasteiger partial charge in [-0.3, -0.25) is 19.2 Å². The SMILES string of the molecule is [N-]=[N+]=NCc1ccc(C(=O)Nc2ccc(C(=O)Nc3cc(C(=O)Cl)cc(C(=O)Cl)c3)cc2)cc1. The Labute approximate surface area is 203 Å². The third-order valence-electron chi connectivity index (χ3n) is 4.58. The van der Waals surface area contributed by atoms with Gasteiger partial charge in [0.15, 0.2) is 0 Å². The van der Waals surface area contributed by atoms with Gasteiger partial charge in [0.2, 0.25) is 0 Å². The maximum atomic E-state index is 12.6. The van der Waals surface area contributed by atoms with Gasteiger partial charge in [-0.2, -0.15) is 0 Å². The quantitative estimate of drug-likeness (QED) is 0.177. The Kier molecular flexibility index (Phi) is 8.00. The number of amides is 2. The molecule has 3 aromatic carbocycles. The molecule has 0 aliphatic carbocycles. The van der Waals surface area contributed by atoms with Crippen molar-refractivity contribution in [2.45, 2.75) is 6.54 Å². The van der Waals surface area contributed by atoms with Crippen LogP contribution in [0.5, 0.6) is 0 Å². The molecule has 0 bridgehead atoms. The van der Waals surface area contributed by atoms with E-state index in [0.29, 0.717) is 11.3 Å². The molecule has 0 saturated carbocycles. The molecule has 0 radical (unpaired) electrons.